The van der Waals surface area contributed by atoms with Gasteiger partial charge in [-0.05, 0) is 63.1 Å². The molecule has 7 heteroatoms. The molecule has 0 spiro atoms. The van der Waals surface area contributed by atoms with E-state index in [0.29, 0.717) is 11.4 Å². The predicted octanol–water partition coefficient (Wildman–Crippen LogP) is 4.40. The number of Topliss-reactive ketones (excluding diaryl/α,β-unsaturated/α-hetero) is 2. The number of nitrogens with zero attached hydrogens (tertiary/aromatic N) is 1. The Morgan fingerprint density at radius 3 is 2.57 bits per heavy atom. The van der Waals surface area contributed by atoms with Crippen LogP contribution in [-0.2, 0) is 20.7 Å². The van der Waals surface area contributed by atoms with Crippen molar-refractivity contribution in [3.05, 3.63) is 70.9 Å². The number of nitrogens with two attached hydrogens (primary N) is 1. The number of rotatable bonds is 7. The van der Waals surface area contributed by atoms with Gasteiger partial charge in [0.15, 0.2) is 11.4 Å². The van der Waals surface area contributed by atoms with Crippen molar-refractivity contribution in [2.75, 3.05) is 5.73 Å². The largest absolute Gasteiger partial charge is 0.460 e. The Morgan fingerprint density at radius 2 is 1.86 bits per heavy atom. The third-order valence-corrected chi connectivity index (χ3v) is 7.46. The second kappa shape index (κ2) is 9.04. The first kappa shape index (κ1) is 23.4. The van der Waals surface area contributed by atoms with E-state index in [2.05, 4.69) is 4.98 Å². The monoisotopic (exact) mass is 474 g/mol. The van der Waals surface area contributed by atoms with E-state index in [9.17, 15) is 14.4 Å². The van der Waals surface area contributed by atoms with Crippen LogP contribution in [-0.4, -0.2) is 39.8 Å². The highest BCUT2D eigenvalue weighted by Gasteiger charge is 2.85. The van der Waals surface area contributed by atoms with Crippen LogP contribution in [0.4, 0.5) is 5.82 Å². The Labute approximate surface area is 204 Å². The molecule has 2 heterocycles. The number of carbonyl (C=O) groups is 3. The lowest BCUT2D eigenvalue weighted by Crippen LogP contribution is -2.51. The number of ketones is 2. The summed E-state index contributed by atoms with van der Waals surface area (Å²) in [6.07, 6.45) is 9.59. The molecule has 0 bridgehead atoms. The zero-order valence-electron chi connectivity index (χ0n) is 19.9. The van der Waals surface area contributed by atoms with E-state index >= 15 is 0 Å². The number of nitrogen functional groups attached to an aromatic ring is 1. The number of hydrogen-bond donors (Lipinski definition) is 1. The van der Waals surface area contributed by atoms with Crippen LogP contribution in [0.3, 0.4) is 0 Å². The maximum Gasteiger partial charge on any atom is 0.350 e. The number of anilines is 1. The molecular weight excluding hydrogens is 444 g/mol. The summed E-state index contributed by atoms with van der Waals surface area (Å²) in [6.45, 7) is 1.97. The second-order valence-electron chi connectivity index (χ2n) is 9.82. The summed E-state index contributed by atoms with van der Waals surface area (Å²) >= 11 is 0. The molecular formula is C28H30N2O5. The van der Waals surface area contributed by atoms with Crippen LogP contribution in [0.2, 0.25) is 0 Å². The Morgan fingerprint density at radius 1 is 1.14 bits per heavy atom. The molecule has 182 valence electrons. The number of carbonyl (C=O) groups excluding carboxylic acids is 3. The lowest BCUT2D eigenvalue weighted by atomic mass is 9.72. The Kier molecular flexibility index (Phi) is 6.05. The standard InChI is InChI=1S/C28H30N2O5/c1-18(11-12-19-14-16-30-23(29)17-19)13-15-27-24(31)21-9-5-6-10-22(21)25(32)28(27,35-27)26(33)34-20-7-3-2-4-8-20/h5-6,9-10,13-14,16-17,20H,2-4,7-8,11-12,15H2,1H3,(H2,29,30). The number of ether oxygens (including phenoxy) is 2. The fraction of sp³-hybridized carbons (Fsp3) is 0.429. The topological polar surface area (TPSA) is 112 Å². The predicted molar refractivity (Wildman–Crippen MR) is 130 cm³/mol. The number of aromatic nitrogens is 1. The molecule has 2 aromatic rings. The van der Waals surface area contributed by atoms with E-state index in [0.717, 1.165) is 56.1 Å². The minimum atomic E-state index is -1.90. The lowest BCUT2D eigenvalue weighted by Gasteiger charge is -2.27. The Hall–Kier alpha value is -3.32. The van der Waals surface area contributed by atoms with Gasteiger partial charge in [-0.3, -0.25) is 9.59 Å². The number of benzene rings is 1. The van der Waals surface area contributed by atoms with Crippen molar-refractivity contribution < 1.29 is 23.9 Å². The van der Waals surface area contributed by atoms with Crippen LogP contribution in [0.25, 0.3) is 0 Å². The van der Waals surface area contributed by atoms with Gasteiger partial charge in [-0.15, -0.1) is 0 Å². The molecule has 1 aliphatic heterocycles. The number of pyridine rings is 1. The molecule has 2 atom stereocenters. The maximum absolute atomic E-state index is 13.6. The SMILES string of the molecule is CC(=CCC12OC1(C(=O)OC1CCCCC1)C(=O)c1ccccc1C2=O)CCc1ccnc(N)c1. The van der Waals surface area contributed by atoms with Gasteiger partial charge in [-0.1, -0.05) is 42.3 Å². The van der Waals surface area contributed by atoms with E-state index in [-0.39, 0.29) is 23.9 Å². The van der Waals surface area contributed by atoms with E-state index < -0.39 is 23.0 Å². The minimum Gasteiger partial charge on any atom is -0.460 e. The Bertz CT molecular complexity index is 1220. The fourth-order valence-electron chi connectivity index (χ4n) is 5.36. The van der Waals surface area contributed by atoms with Gasteiger partial charge in [-0.2, -0.15) is 0 Å². The van der Waals surface area contributed by atoms with Crippen molar-refractivity contribution in [3.8, 4) is 0 Å². The van der Waals surface area contributed by atoms with Gasteiger partial charge < -0.3 is 15.2 Å². The average Bonchev–Trinajstić information content (AvgIpc) is 3.58. The van der Waals surface area contributed by atoms with Crippen molar-refractivity contribution in [1.29, 1.82) is 0 Å². The highest BCUT2D eigenvalue weighted by molar-refractivity contribution is 6.32. The van der Waals surface area contributed by atoms with E-state index in [1.807, 2.05) is 25.1 Å². The molecule has 5 rings (SSSR count). The van der Waals surface area contributed by atoms with Crippen LogP contribution >= 0.6 is 0 Å². The number of fused-ring (bicyclic) bond motifs is 2. The van der Waals surface area contributed by atoms with Gasteiger partial charge >= 0.3 is 5.97 Å². The molecule has 1 saturated carbocycles. The molecule has 1 saturated heterocycles. The quantitative estimate of drug-likeness (QED) is 0.274. The third kappa shape index (κ3) is 3.97. The zero-order chi connectivity index (χ0) is 24.6. The smallest absolute Gasteiger partial charge is 0.350 e. The van der Waals surface area contributed by atoms with Crippen LogP contribution in [0.15, 0.2) is 54.2 Å². The van der Waals surface area contributed by atoms with E-state index in [4.69, 9.17) is 15.2 Å². The molecule has 3 aliphatic rings. The fourth-order valence-corrected chi connectivity index (χ4v) is 5.36. The average molecular weight is 475 g/mol. The Balaban J connectivity index is 1.40. The molecule has 1 aromatic heterocycles. The summed E-state index contributed by atoms with van der Waals surface area (Å²) in [5.74, 6) is -1.07. The molecule has 2 aliphatic carbocycles. The summed E-state index contributed by atoms with van der Waals surface area (Å²) < 4.78 is 11.7. The number of epoxide rings is 1. The summed E-state index contributed by atoms with van der Waals surface area (Å²) in [5.41, 5.74) is 4.94. The normalized spacial score (nSPS) is 26.1. The van der Waals surface area contributed by atoms with Crippen molar-refractivity contribution in [2.45, 2.75) is 75.6 Å². The van der Waals surface area contributed by atoms with E-state index in [1.165, 1.54) is 0 Å². The highest BCUT2D eigenvalue weighted by atomic mass is 16.7. The van der Waals surface area contributed by atoms with Gasteiger partial charge in [-0.25, -0.2) is 9.78 Å². The van der Waals surface area contributed by atoms with Crippen molar-refractivity contribution in [3.63, 3.8) is 0 Å². The first-order valence-corrected chi connectivity index (χ1v) is 12.3. The van der Waals surface area contributed by atoms with Crippen molar-refractivity contribution in [1.82, 2.24) is 4.98 Å². The number of allylic oxidation sites excluding steroid dienone is 1. The second-order valence-corrected chi connectivity index (χ2v) is 9.82. The summed E-state index contributed by atoms with van der Waals surface area (Å²) in [7, 11) is 0. The van der Waals surface area contributed by atoms with Crippen LogP contribution in [0, 0.1) is 0 Å². The third-order valence-electron chi connectivity index (χ3n) is 7.46. The lowest BCUT2D eigenvalue weighted by molar-refractivity contribution is -0.155. The van der Waals surface area contributed by atoms with Gasteiger partial charge in [0, 0.05) is 23.7 Å². The van der Waals surface area contributed by atoms with Crippen molar-refractivity contribution >= 4 is 23.4 Å². The number of hydrogen-bond acceptors (Lipinski definition) is 7. The molecule has 2 fully saturated rings. The first-order valence-electron chi connectivity index (χ1n) is 12.3. The number of esters is 1. The molecule has 35 heavy (non-hydrogen) atoms. The molecule has 0 amide bonds. The van der Waals surface area contributed by atoms with Gasteiger partial charge in [0.1, 0.15) is 11.9 Å². The maximum atomic E-state index is 13.6. The highest BCUT2D eigenvalue weighted by Crippen LogP contribution is 2.58. The van der Waals surface area contributed by atoms with Gasteiger partial charge in [0.25, 0.3) is 5.60 Å². The van der Waals surface area contributed by atoms with Crippen LogP contribution < -0.4 is 5.73 Å². The molecule has 2 unspecified atom stereocenters. The van der Waals surface area contributed by atoms with Gasteiger partial charge in [0.05, 0.1) is 0 Å². The summed E-state index contributed by atoms with van der Waals surface area (Å²) in [6, 6.07) is 10.4. The van der Waals surface area contributed by atoms with Crippen LogP contribution in [0.5, 0.6) is 0 Å². The minimum absolute atomic E-state index is 0.135. The summed E-state index contributed by atoms with van der Waals surface area (Å²) in [4.78, 5) is 44.6. The number of aryl methyl sites for hydroxylation is 1. The van der Waals surface area contributed by atoms with Crippen molar-refractivity contribution in [2.24, 2.45) is 0 Å². The molecule has 2 N–H and O–H groups in total. The first-order chi connectivity index (χ1) is 16.9. The van der Waals surface area contributed by atoms with Crippen LogP contribution in [0.1, 0.15) is 78.1 Å². The van der Waals surface area contributed by atoms with E-state index in [1.54, 1.807) is 30.5 Å². The molecule has 0 radical (unpaired) electrons. The van der Waals surface area contributed by atoms with Gasteiger partial charge in [0.2, 0.25) is 5.78 Å². The summed E-state index contributed by atoms with van der Waals surface area (Å²) in [5, 5.41) is 0. The molecule has 1 aromatic carbocycles. The zero-order valence-corrected chi connectivity index (χ0v) is 19.9. The molecule has 7 nitrogen and oxygen atoms in total.